The van der Waals surface area contributed by atoms with Crippen molar-refractivity contribution < 1.29 is 9.90 Å². The highest BCUT2D eigenvalue weighted by Gasteiger charge is 2.23. The van der Waals surface area contributed by atoms with Crippen molar-refractivity contribution >= 4 is 11.7 Å². The van der Waals surface area contributed by atoms with E-state index < -0.39 is 6.09 Å². The molecule has 2 rings (SSSR count). The fourth-order valence-electron chi connectivity index (χ4n) is 1.89. The van der Waals surface area contributed by atoms with Gasteiger partial charge in [-0.1, -0.05) is 6.58 Å². The number of hydrogen-bond donors (Lipinski definition) is 1. The largest absolute Gasteiger partial charge is 0.465 e. The minimum atomic E-state index is -0.902. The first-order chi connectivity index (χ1) is 7.59. The molecule has 1 amide bonds. The normalized spacial score (nSPS) is 14.4. The van der Waals surface area contributed by atoms with Gasteiger partial charge in [-0.2, -0.15) is 0 Å². The maximum Gasteiger partial charge on any atom is 0.407 e. The zero-order valence-electron chi connectivity index (χ0n) is 9.10. The van der Waals surface area contributed by atoms with Crippen LogP contribution in [0.4, 0.5) is 4.79 Å². The van der Waals surface area contributed by atoms with E-state index >= 15 is 0 Å². The molecule has 0 spiro atoms. The highest BCUT2D eigenvalue weighted by atomic mass is 16.4. The second-order valence-electron chi connectivity index (χ2n) is 3.88. The van der Waals surface area contributed by atoms with Crippen LogP contribution in [-0.2, 0) is 13.0 Å². The summed E-state index contributed by atoms with van der Waals surface area (Å²) in [5.74, 6) is 0. The van der Waals surface area contributed by atoms with Crippen LogP contribution in [0.3, 0.4) is 0 Å². The molecule has 0 fully saturated rings. The number of amides is 1. The van der Waals surface area contributed by atoms with Gasteiger partial charge >= 0.3 is 6.09 Å². The van der Waals surface area contributed by atoms with E-state index in [1.807, 2.05) is 6.92 Å². The van der Waals surface area contributed by atoms with Gasteiger partial charge in [0.15, 0.2) is 0 Å². The smallest absolute Gasteiger partial charge is 0.407 e. The van der Waals surface area contributed by atoms with E-state index in [1.54, 1.807) is 0 Å². The van der Waals surface area contributed by atoms with Gasteiger partial charge in [-0.3, -0.25) is 0 Å². The summed E-state index contributed by atoms with van der Waals surface area (Å²) >= 11 is 0. The van der Waals surface area contributed by atoms with E-state index in [0.717, 1.165) is 22.5 Å². The van der Waals surface area contributed by atoms with Crippen molar-refractivity contribution in [2.45, 2.75) is 19.9 Å². The third-order valence-corrected chi connectivity index (χ3v) is 2.68. The van der Waals surface area contributed by atoms with Gasteiger partial charge in [-0.15, -0.1) is 0 Å². The molecule has 0 aliphatic carbocycles. The first kappa shape index (κ1) is 10.6. The van der Waals surface area contributed by atoms with E-state index in [2.05, 4.69) is 16.5 Å². The van der Waals surface area contributed by atoms with Crippen LogP contribution in [0, 0.1) is 0 Å². The molecule has 84 valence electrons. The number of aromatic nitrogens is 2. The Bertz CT molecular complexity index is 457. The Kier molecular flexibility index (Phi) is 2.60. The van der Waals surface area contributed by atoms with Crippen molar-refractivity contribution in [1.29, 1.82) is 0 Å². The summed E-state index contributed by atoms with van der Waals surface area (Å²) in [7, 11) is 0. The van der Waals surface area contributed by atoms with Gasteiger partial charge in [0.25, 0.3) is 0 Å². The second kappa shape index (κ2) is 3.92. The maximum atomic E-state index is 10.8. The summed E-state index contributed by atoms with van der Waals surface area (Å²) in [5.41, 5.74) is 3.58. The lowest BCUT2D eigenvalue weighted by molar-refractivity contribution is 0.139. The Morgan fingerprint density at radius 1 is 1.56 bits per heavy atom. The molecule has 1 aliphatic heterocycles. The summed E-state index contributed by atoms with van der Waals surface area (Å²) in [6.07, 6.45) is 1.22. The van der Waals surface area contributed by atoms with Gasteiger partial charge in [0.2, 0.25) is 0 Å². The Morgan fingerprint density at radius 3 is 2.94 bits per heavy atom. The van der Waals surface area contributed by atoms with Crippen LogP contribution < -0.4 is 0 Å². The number of allylic oxidation sites excluding steroid dienone is 1. The maximum absolute atomic E-state index is 10.8. The van der Waals surface area contributed by atoms with E-state index in [0.29, 0.717) is 19.5 Å². The Balaban J connectivity index is 2.38. The van der Waals surface area contributed by atoms with Crippen molar-refractivity contribution in [1.82, 2.24) is 14.9 Å². The van der Waals surface area contributed by atoms with Crippen LogP contribution >= 0.6 is 0 Å². The van der Waals surface area contributed by atoms with Crippen LogP contribution in [0.1, 0.15) is 23.9 Å². The lowest BCUT2D eigenvalue weighted by atomic mass is 10.0. The summed E-state index contributed by atoms with van der Waals surface area (Å²) in [6, 6.07) is 0. The zero-order valence-corrected chi connectivity index (χ0v) is 9.10. The number of nitrogens with zero attached hydrogens (tertiary/aromatic N) is 3. The van der Waals surface area contributed by atoms with E-state index in [1.165, 1.54) is 11.2 Å². The van der Waals surface area contributed by atoms with Gasteiger partial charge in [-0.25, -0.2) is 14.8 Å². The van der Waals surface area contributed by atoms with Crippen LogP contribution in [0.2, 0.25) is 0 Å². The molecule has 0 saturated carbocycles. The van der Waals surface area contributed by atoms with Crippen LogP contribution in [0.5, 0.6) is 0 Å². The molecule has 2 heterocycles. The lowest BCUT2D eigenvalue weighted by Crippen LogP contribution is -2.35. The number of hydrogen-bond acceptors (Lipinski definition) is 3. The highest BCUT2D eigenvalue weighted by molar-refractivity contribution is 5.67. The van der Waals surface area contributed by atoms with Crippen molar-refractivity contribution in [3.63, 3.8) is 0 Å². The molecule has 0 saturated heterocycles. The van der Waals surface area contributed by atoms with Gasteiger partial charge in [0, 0.05) is 12.1 Å². The van der Waals surface area contributed by atoms with Crippen molar-refractivity contribution in [3.8, 4) is 0 Å². The Morgan fingerprint density at radius 2 is 2.31 bits per heavy atom. The first-order valence-corrected chi connectivity index (χ1v) is 5.06. The summed E-state index contributed by atoms with van der Waals surface area (Å²) in [4.78, 5) is 20.5. The van der Waals surface area contributed by atoms with E-state index in [9.17, 15) is 4.79 Å². The fraction of sp³-hybridized carbons (Fsp3) is 0.364. The number of carbonyl (C=O) groups is 1. The van der Waals surface area contributed by atoms with Crippen LogP contribution in [0.15, 0.2) is 12.9 Å². The molecule has 0 atom stereocenters. The molecule has 0 aromatic carbocycles. The SMILES string of the molecule is C=C(C)c1ncnc2c1CCN(C(=O)O)C2. The minimum absolute atomic E-state index is 0.341. The molecular weight excluding hydrogens is 206 g/mol. The molecule has 0 radical (unpaired) electrons. The van der Waals surface area contributed by atoms with E-state index in [4.69, 9.17) is 5.11 Å². The number of carboxylic acid groups (broad SMARTS) is 1. The predicted molar refractivity (Wildman–Crippen MR) is 58.9 cm³/mol. The zero-order chi connectivity index (χ0) is 11.7. The quantitative estimate of drug-likeness (QED) is 0.778. The van der Waals surface area contributed by atoms with Gasteiger partial charge in [-0.05, 0) is 18.9 Å². The molecule has 1 aliphatic rings. The molecule has 1 N–H and O–H groups in total. The topological polar surface area (TPSA) is 66.3 Å². The first-order valence-electron chi connectivity index (χ1n) is 5.06. The van der Waals surface area contributed by atoms with Gasteiger partial charge < -0.3 is 10.0 Å². The molecular formula is C11H13N3O2. The standard InChI is InChI=1S/C11H13N3O2/c1-7(2)10-8-3-4-14(11(15)16)5-9(8)12-6-13-10/h6H,1,3-5H2,2H3,(H,15,16). The third-order valence-electron chi connectivity index (χ3n) is 2.68. The van der Waals surface area contributed by atoms with Crippen molar-refractivity contribution in [2.24, 2.45) is 0 Å². The second-order valence-corrected chi connectivity index (χ2v) is 3.88. The molecule has 16 heavy (non-hydrogen) atoms. The average molecular weight is 219 g/mol. The van der Waals surface area contributed by atoms with Crippen LogP contribution in [0.25, 0.3) is 5.57 Å². The van der Waals surface area contributed by atoms with Crippen molar-refractivity contribution in [2.75, 3.05) is 6.54 Å². The Hall–Kier alpha value is -1.91. The highest BCUT2D eigenvalue weighted by Crippen LogP contribution is 2.22. The predicted octanol–water partition coefficient (Wildman–Crippen LogP) is 1.55. The molecule has 1 aromatic rings. The average Bonchev–Trinajstić information content (AvgIpc) is 2.27. The van der Waals surface area contributed by atoms with Crippen molar-refractivity contribution in [3.05, 3.63) is 29.9 Å². The molecule has 0 bridgehead atoms. The summed E-state index contributed by atoms with van der Waals surface area (Å²) in [6.45, 7) is 6.60. The number of fused-ring (bicyclic) bond motifs is 1. The number of rotatable bonds is 1. The third kappa shape index (κ3) is 1.76. The molecule has 5 nitrogen and oxygen atoms in total. The van der Waals surface area contributed by atoms with Crippen LogP contribution in [-0.4, -0.2) is 32.6 Å². The summed E-state index contributed by atoms with van der Waals surface area (Å²) in [5, 5.41) is 8.91. The molecule has 0 unspecified atom stereocenters. The monoisotopic (exact) mass is 219 g/mol. The lowest BCUT2D eigenvalue weighted by Gasteiger charge is -2.26. The summed E-state index contributed by atoms with van der Waals surface area (Å²) < 4.78 is 0. The Labute approximate surface area is 93.4 Å². The van der Waals surface area contributed by atoms with E-state index in [-0.39, 0.29) is 0 Å². The minimum Gasteiger partial charge on any atom is -0.465 e. The fourth-order valence-corrected chi connectivity index (χ4v) is 1.89. The van der Waals surface area contributed by atoms with Gasteiger partial charge in [0.05, 0.1) is 17.9 Å². The van der Waals surface area contributed by atoms with Gasteiger partial charge in [0.1, 0.15) is 6.33 Å². The molecule has 5 heteroatoms. The molecule has 1 aromatic heterocycles.